The number of ketones is 1. The van der Waals surface area contributed by atoms with E-state index in [0.29, 0.717) is 12.1 Å². The molecule has 148 valence electrons. The van der Waals surface area contributed by atoms with Gasteiger partial charge in [0, 0.05) is 23.4 Å². The molecule has 1 heterocycles. The first-order valence-electron chi connectivity index (χ1n) is 9.44. The minimum Gasteiger partial charge on any atom is -0.454 e. The second-order valence-electron chi connectivity index (χ2n) is 7.07. The molecule has 29 heavy (non-hydrogen) atoms. The van der Waals surface area contributed by atoms with Crippen molar-refractivity contribution < 1.29 is 14.3 Å². The summed E-state index contributed by atoms with van der Waals surface area (Å²) in [5.41, 5.74) is 5.58. The molecule has 0 N–H and O–H groups in total. The van der Waals surface area contributed by atoms with Gasteiger partial charge in [-0.05, 0) is 55.2 Å². The number of hydrogen-bond acceptors (Lipinski definition) is 4. The molecule has 2 aromatic carbocycles. The lowest BCUT2D eigenvalue weighted by Crippen LogP contribution is -2.14. The standard InChI is InChI=1S/C24H24N2O3/c1-17-11-19(3)22(12-18(17)2)23(27)16-29-24(28)10-9-21-13-25-26(15-21)14-20-7-5-4-6-8-20/h4-13,15H,14,16H2,1-3H3/b10-9+. The van der Waals surface area contributed by atoms with Crippen molar-refractivity contribution in [2.75, 3.05) is 6.61 Å². The van der Waals surface area contributed by atoms with Crippen molar-refractivity contribution in [1.82, 2.24) is 9.78 Å². The minimum atomic E-state index is -0.560. The van der Waals surface area contributed by atoms with E-state index in [1.54, 1.807) is 17.0 Å². The van der Waals surface area contributed by atoms with Crippen molar-refractivity contribution in [3.05, 3.63) is 94.3 Å². The lowest BCUT2D eigenvalue weighted by atomic mass is 9.98. The van der Waals surface area contributed by atoms with Gasteiger partial charge in [0.15, 0.2) is 6.61 Å². The lowest BCUT2D eigenvalue weighted by molar-refractivity contribution is -0.136. The topological polar surface area (TPSA) is 61.2 Å². The number of aromatic nitrogens is 2. The fourth-order valence-corrected chi connectivity index (χ4v) is 3.01. The molecule has 0 amide bonds. The molecular weight excluding hydrogens is 364 g/mol. The molecular formula is C24H24N2O3. The molecule has 5 heteroatoms. The van der Waals surface area contributed by atoms with Crippen LogP contribution in [0.1, 0.15) is 38.2 Å². The van der Waals surface area contributed by atoms with E-state index >= 15 is 0 Å². The van der Waals surface area contributed by atoms with Gasteiger partial charge in [0.1, 0.15) is 0 Å². The van der Waals surface area contributed by atoms with Crippen LogP contribution >= 0.6 is 0 Å². The van der Waals surface area contributed by atoms with Gasteiger partial charge in [0.05, 0.1) is 12.7 Å². The molecule has 1 aromatic heterocycles. The average Bonchev–Trinajstić information content (AvgIpc) is 3.15. The van der Waals surface area contributed by atoms with Gasteiger partial charge in [0.2, 0.25) is 5.78 Å². The number of esters is 1. The van der Waals surface area contributed by atoms with Crippen LogP contribution in [-0.4, -0.2) is 28.1 Å². The smallest absolute Gasteiger partial charge is 0.331 e. The van der Waals surface area contributed by atoms with Crippen LogP contribution in [-0.2, 0) is 16.1 Å². The number of carbonyl (C=O) groups excluding carboxylic acids is 2. The molecule has 3 rings (SSSR count). The largest absolute Gasteiger partial charge is 0.454 e. The Hall–Kier alpha value is -3.47. The Morgan fingerprint density at radius 3 is 2.52 bits per heavy atom. The van der Waals surface area contributed by atoms with Crippen LogP contribution in [0.4, 0.5) is 0 Å². The summed E-state index contributed by atoms with van der Waals surface area (Å²) in [6.45, 7) is 6.22. The zero-order valence-electron chi connectivity index (χ0n) is 16.9. The molecule has 0 unspecified atom stereocenters. The van der Waals surface area contributed by atoms with E-state index in [-0.39, 0.29) is 12.4 Å². The van der Waals surface area contributed by atoms with Crippen LogP contribution in [0.25, 0.3) is 6.08 Å². The van der Waals surface area contributed by atoms with Gasteiger partial charge < -0.3 is 4.74 Å². The third kappa shape index (κ3) is 5.51. The highest BCUT2D eigenvalue weighted by Crippen LogP contribution is 2.16. The second-order valence-corrected chi connectivity index (χ2v) is 7.07. The lowest BCUT2D eigenvalue weighted by Gasteiger charge is -2.09. The van der Waals surface area contributed by atoms with E-state index in [1.807, 2.05) is 69.4 Å². The summed E-state index contributed by atoms with van der Waals surface area (Å²) < 4.78 is 6.90. The Kier molecular flexibility index (Phi) is 6.39. The van der Waals surface area contributed by atoms with Gasteiger partial charge >= 0.3 is 5.97 Å². The number of benzene rings is 2. The molecule has 0 atom stereocenters. The molecule has 5 nitrogen and oxygen atoms in total. The summed E-state index contributed by atoms with van der Waals surface area (Å²) in [5.74, 6) is -0.765. The fourth-order valence-electron chi connectivity index (χ4n) is 3.01. The van der Waals surface area contributed by atoms with Gasteiger partial charge in [0.25, 0.3) is 0 Å². The van der Waals surface area contributed by atoms with Crippen molar-refractivity contribution in [3.8, 4) is 0 Å². The number of carbonyl (C=O) groups is 2. The van der Waals surface area contributed by atoms with Crippen LogP contribution < -0.4 is 0 Å². The SMILES string of the molecule is Cc1cc(C)c(C(=O)COC(=O)/C=C/c2cnn(Cc3ccccc3)c2)cc1C. The molecule has 0 aliphatic carbocycles. The fraction of sp³-hybridized carbons (Fsp3) is 0.208. The van der Waals surface area contributed by atoms with Crippen LogP contribution in [0.5, 0.6) is 0 Å². The van der Waals surface area contributed by atoms with Crippen molar-refractivity contribution in [3.63, 3.8) is 0 Å². The highest BCUT2D eigenvalue weighted by atomic mass is 16.5. The van der Waals surface area contributed by atoms with E-state index in [4.69, 9.17) is 4.74 Å². The third-order valence-electron chi connectivity index (χ3n) is 4.74. The first-order chi connectivity index (χ1) is 13.9. The number of ether oxygens (including phenoxy) is 1. The molecule has 3 aromatic rings. The molecule has 0 aliphatic rings. The molecule has 0 spiro atoms. The zero-order chi connectivity index (χ0) is 20.8. The van der Waals surface area contributed by atoms with Crippen LogP contribution in [0.2, 0.25) is 0 Å². The molecule has 0 bridgehead atoms. The van der Waals surface area contributed by atoms with Crippen molar-refractivity contribution >= 4 is 17.8 Å². The van der Waals surface area contributed by atoms with Crippen molar-refractivity contribution in [1.29, 1.82) is 0 Å². The Labute approximate surface area is 170 Å². The maximum atomic E-state index is 12.4. The van der Waals surface area contributed by atoms with E-state index in [2.05, 4.69) is 5.10 Å². The highest BCUT2D eigenvalue weighted by molar-refractivity contribution is 6.00. The van der Waals surface area contributed by atoms with E-state index in [0.717, 1.165) is 27.8 Å². The summed E-state index contributed by atoms with van der Waals surface area (Å²) in [6, 6.07) is 13.8. The Morgan fingerprint density at radius 2 is 1.76 bits per heavy atom. The predicted octanol–water partition coefficient (Wildman–Crippen LogP) is 4.30. The van der Waals surface area contributed by atoms with E-state index in [1.165, 1.54) is 6.08 Å². The normalized spacial score (nSPS) is 11.0. The van der Waals surface area contributed by atoms with Crippen LogP contribution in [0, 0.1) is 20.8 Å². The van der Waals surface area contributed by atoms with Gasteiger partial charge in [-0.3, -0.25) is 9.48 Å². The number of aryl methyl sites for hydroxylation is 3. The molecule has 0 fully saturated rings. The maximum Gasteiger partial charge on any atom is 0.331 e. The van der Waals surface area contributed by atoms with E-state index < -0.39 is 5.97 Å². The number of rotatable bonds is 7. The van der Waals surface area contributed by atoms with Crippen LogP contribution in [0.3, 0.4) is 0 Å². The van der Waals surface area contributed by atoms with Gasteiger partial charge in [-0.15, -0.1) is 0 Å². The maximum absolute atomic E-state index is 12.4. The Balaban J connectivity index is 1.54. The summed E-state index contributed by atoms with van der Waals surface area (Å²) in [4.78, 5) is 24.3. The first kappa shape index (κ1) is 20.3. The molecule has 0 saturated heterocycles. The van der Waals surface area contributed by atoms with Gasteiger partial charge in [-0.25, -0.2) is 4.79 Å². The first-order valence-corrected chi connectivity index (χ1v) is 9.44. The predicted molar refractivity (Wildman–Crippen MR) is 113 cm³/mol. The van der Waals surface area contributed by atoms with E-state index in [9.17, 15) is 9.59 Å². The number of nitrogens with zero attached hydrogens (tertiary/aromatic N) is 2. The molecule has 0 radical (unpaired) electrons. The quantitative estimate of drug-likeness (QED) is 0.344. The summed E-state index contributed by atoms with van der Waals surface area (Å²) >= 11 is 0. The average molecular weight is 388 g/mol. The highest BCUT2D eigenvalue weighted by Gasteiger charge is 2.12. The van der Waals surface area contributed by atoms with Crippen molar-refractivity contribution in [2.45, 2.75) is 27.3 Å². The summed E-state index contributed by atoms with van der Waals surface area (Å²) in [5, 5.41) is 4.29. The monoisotopic (exact) mass is 388 g/mol. The number of Topliss-reactive ketones (excluding diaryl/α,β-unsaturated/α-hetero) is 1. The van der Waals surface area contributed by atoms with Crippen molar-refractivity contribution in [2.24, 2.45) is 0 Å². The Morgan fingerprint density at radius 1 is 1.03 bits per heavy atom. The molecule has 0 aliphatic heterocycles. The third-order valence-corrected chi connectivity index (χ3v) is 4.74. The van der Waals surface area contributed by atoms with Crippen LogP contribution in [0.15, 0.2) is 60.9 Å². The summed E-state index contributed by atoms with van der Waals surface area (Å²) in [6.07, 6.45) is 6.46. The van der Waals surface area contributed by atoms with Gasteiger partial charge in [-0.1, -0.05) is 36.4 Å². The minimum absolute atomic E-state index is 0.206. The zero-order valence-corrected chi connectivity index (χ0v) is 16.9. The molecule has 0 saturated carbocycles. The number of hydrogen-bond donors (Lipinski definition) is 0. The summed E-state index contributed by atoms with van der Waals surface area (Å²) in [7, 11) is 0. The Bertz CT molecular complexity index is 1050. The second kappa shape index (κ2) is 9.15. The van der Waals surface area contributed by atoms with Gasteiger partial charge in [-0.2, -0.15) is 5.10 Å².